The Morgan fingerprint density at radius 3 is 2.05 bits per heavy atom. The Hall–Kier alpha value is -2.09. The Morgan fingerprint density at radius 1 is 0.955 bits per heavy atom. The van der Waals surface area contributed by atoms with E-state index in [-0.39, 0.29) is 11.9 Å². The van der Waals surface area contributed by atoms with E-state index in [9.17, 15) is 4.79 Å². The van der Waals surface area contributed by atoms with E-state index in [2.05, 4.69) is 43.3 Å². The van der Waals surface area contributed by atoms with Crippen LogP contribution in [0.5, 0.6) is 0 Å². The Kier molecular flexibility index (Phi) is 5.02. The van der Waals surface area contributed by atoms with Gasteiger partial charge in [0.15, 0.2) is 0 Å². The average molecular weight is 296 g/mol. The van der Waals surface area contributed by atoms with E-state index in [0.717, 1.165) is 11.1 Å². The molecule has 0 radical (unpaired) electrons. The van der Waals surface area contributed by atoms with Crippen LogP contribution >= 0.6 is 0 Å². The molecule has 0 saturated carbocycles. The number of hydrogen-bond acceptors (Lipinski definition) is 2. The highest BCUT2D eigenvalue weighted by Crippen LogP contribution is 2.29. The van der Waals surface area contributed by atoms with Gasteiger partial charge >= 0.3 is 5.97 Å². The minimum atomic E-state index is -0.453. The third-order valence-corrected chi connectivity index (χ3v) is 3.47. The lowest BCUT2D eigenvalue weighted by Gasteiger charge is -2.23. The van der Waals surface area contributed by atoms with Crippen LogP contribution in [0.4, 0.5) is 0 Å². The molecule has 2 rings (SSSR count). The highest BCUT2D eigenvalue weighted by Gasteiger charge is 2.22. The minimum absolute atomic E-state index is 0.0247. The van der Waals surface area contributed by atoms with Crippen molar-refractivity contribution in [1.29, 1.82) is 0 Å². The van der Waals surface area contributed by atoms with Gasteiger partial charge in [-0.3, -0.25) is 4.79 Å². The van der Waals surface area contributed by atoms with E-state index in [4.69, 9.17) is 4.74 Å². The molecular weight excluding hydrogens is 272 g/mol. The summed E-state index contributed by atoms with van der Waals surface area (Å²) in [7, 11) is 0. The maximum atomic E-state index is 12.3. The average Bonchev–Trinajstić information content (AvgIpc) is 2.45. The summed E-state index contributed by atoms with van der Waals surface area (Å²) in [5, 5.41) is 0. The van der Waals surface area contributed by atoms with Gasteiger partial charge in [0.05, 0.1) is 6.42 Å². The van der Waals surface area contributed by atoms with Crippen molar-refractivity contribution >= 4 is 5.97 Å². The normalized spacial score (nSPS) is 12.7. The number of carbonyl (C=O) groups excluding carboxylic acids is 1. The summed E-state index contributed by atoms with van der Waals surface area (Å²) in [6, 6.07) is 18.5. The Balaban J connectivity index is 2.26. The van der Waals surface area contributed by atoms with Crippen molar-refractivity contribution in [2.24, 2.45) is 0 Å². The van der Waals surface area contributed by atoms with Gasteiger partial charge in [-0.1, -0.05) is 60.2 Å². The lowest BCUT2D eigenvalue weighted by Crippen LogP contribution is -2.25. The summed E-state index contributed by atoms with van der Waals surface area (Å²) < 4.78 is 5.50. The van der Waals surface area contributed by atoms with Gasteiger partial charge in [-0.05, 0) is 38.8 Å². The zero-order valence-corrected chi connectivity index (χ0v) is 13.8. The molecule has 2 nitrogen and oxygen atoms in total. The molecule has 2 aromatic carbocycles. The first-order valence-corrected chi connectivity index (χ1v) is 7.68. The molecule has 1 unspecified atom stereocenters. The van der Waals surface area contributed by atoms with Gasteiger partial charge in [-0.25, -0.2) is 0 Å². The predicted octanol–water partition coefficient (Wildman–Crippen LogP) is 4.86. The molecule has 0 aliphatic heterocycles. The second-order valence-electron chi connectivity index (χ2n) is 6.66. The first kappa shape index (κ1) is 16.3. The summed E-state index contributed by atoms with van der Waals surface area (Å²) in [4.78, 5) is 12.3. The van der Waals surface area contributed by atoms with Gasteiger partial charge in [-0.2, -0.15) is 0 Å². The fourth-order valence-electron chi connectivity index (χ4n) is 2.46. The number of carbonyl (C=O) groups is 1. The van der Waals surface area contributed by atoms with Crippen LogP contribution in [-0.4, -0.2) is 11.6 Å². The van der Waals surface area contributed by atoms with Crippen LogP contribution in [0.25, 0.3) is 0 Å². The fourth-order valence-corrected chi connectivity index (χ4v) is 2.46. The Morgan fingerprint density at radius 2 is 1.50 bits per heavy atom. The lowest BCUT2D eigenvalue weighted by atomic mass is 9.88. The smallest absolute Gasteiger partial charge is 0.307 e. The maximum absolute atomic E-state index is 12.3. The number of benzene rings is 2. The largest absolute Gasteiger partial charge is 0.460 e. The number of aryl methyl sites for hydroxylation is 1. The van der Waals surface area contributed by atoms with Gasteiger partial charge in [0.25, 0.3) is 0 Å². The van der Waals surface area contributed by atoms with Crippen LogP contribution < -0.4 is 0 Å². The molecule has 2 aromatic rings. The third kappa shape index (κ3) is 4.73. The molecule has 0 spiro atoms. The van der Waals surface area contributed by atoms with Crippen LogP contribution in [0.3, 0.4) is 0 Å². The van der Waals surface area contributed by atoms with E-state index in [1.54, 1.807) is 0 Å². The van der Waals surface area contributed by atoms with Crippen LogP contribution in [0.1, 0.15) is 49.8 Å². The lowest BCUT2D eigenvalue weighted by molar-refractivity contribution is -0.155. The molecule has 0 bridgehead atoms. The van der Waals surface area contributed by atoms with Crippen LogP contribution in [0.2, 0.25) is 0 Å². The highest BCUT2D eigenvalue weighted by molar-refractivity contribution is 5.72. The van der Waals surface area contributed by atoms with Crippen LogP contribution in [0, 0.1) is 6.92 Å². The van der Waals surface area contributed by atoms with E-state index in [1.807, 2.05) is 39.0 Å². The van der Waals surface area contributed by atoms with E-state index in [0.29, 0.717) is 6.42 Å². The fraction of sp³-hybridized carbons (Fsp3) is 0.350. The number of ether oxygens (including phenoxy) is 1. The van der Waals surface area contributed by atoms with Crippen molar-refractivity contribution in [1.82, 2.24) is 0 Å². The quantitative estimate of drug-likeness (QED) is 0.753. The molecule has 116 valence electrons. The summed E-state index contributed by atoms with van der Waals surface area (Å²) in [6.07, 6.45) is 0.352. The van der Waals surface area contributed by atoms with E-state index in [1.165, 1.54) is 5.56 Å². The summed E-state index contributed by atoms with van der Waals surface area (Å²) in [5.41, 5.74) is 3.04. The maximum Gasteiger partial charge on any atom is 0.307 e. The molecule has 0 aromatic heterocycles. The van der Waals surface area contributed by atoms with E-state index >= 15 is 0 Å². The second-order valence-corrected chi connectivity index (χ2v) is 6.66. The zero-order chi connectivity index (χ0) is 16.2. The van der Waals surface area contributed by atoms with Gasteiger partial charge < -0.3 is 4.74 Å². The Bertz CT molecular complexity index is 606. The van der Waals surface area contributed by atoms with Crippen molar-refractivity contribution in [2.75, 3.05) is 0 Å². The number of hydrogen-bond donors (Lipinski definition) is 0. The standard InChI is InChI=1S/C20H24O2/c1-15-10-12-17(13-11-15)18(16-8-6-5-7-9-16)14-19(21)22-20(2,3)4/h5-13,18H,14H2,1-4H3. The second kappa shape index (κ2) is 6.78. The molecule has 0 heterocycles. The summed E-state index contributed by atoms with van der Waals surface area (Å²) in [5.74, 6) is -0.140. The summed E-state index contributed by atoms with van der Waals surface area (Å²) in [6.45, 7) is 7.76. The molecule has 0 aliphatic carbocycles. The van der Waals surface area contributed by atoms with Gasteiger partial charge in [0.1, 0.15) is 5.60 Å². The molecule has 1 atom stereocenters. The van der Waals surface area contributed by atoms with Gasteiger partial charge in [-0.15, -0.1) is 0 Å². The molecule has 0 saturated heterocycles. The van der Waals surface area contributed by atoms with Gasteiger partial charge in [0.2, 0.25) is 0 Å². The van der Waals surface area contributed by atoms with Crippen molar-refractivity contribution in [2.45, 2.75) is 45.6 Å². The van der Waals surface area contributed by atoms with Crippen molar-refractivity contribution < 1.29 is 9.53 Å². The molecule has 2 heteroatoms. The third-order valence-electron chi connectivity index (χ3n) is 3.47. The number of rotatable bonds is 4. The molecule has 0 fully saturated rings. The van der Waals surface area contributed by atoms with E-state index < -0.39 is 5.60 Å². The SMILES string of the molecule is Cc1ccc(C(CC(=O)OC(C)(C)C)c2ccccc2)cc1. The topological polar surface area (TPSA) is 26.3 Å². The molecule has 0 N–H and O–H groups in total. The number of esters is 1. The molecule has 22 heavy (non-hydrogen) atoms. The monoisotopic (exact) mass is 296 g/mol. The van der Waals surface area contributed by atoms with Crippen LogP contribution in [0.15, 0.2) is 54.6 Å². The predicted molar refractivity (Wildman–Crippen MR) is 89.9 cm³/mol. The molecular formula is C20H24O2. The van der Waals surface area contributed by atoms with Crippen molar-refractivity contribution in [3.63, 3.8) is 0 Å². The van der Waals surface area contributed by atoms with Crippen molar-refractivity contribution in [3.8, 4) is 0 Å². The first-order chi connectivity index (χ1) is 10.3. The van der Waals surface area contributed by atoms with Gasteiger partial charge in [0, 0.05) is 5.92 Å². The van der Waals surface area contributed by atoms with Crippen molar-refractivity contribution in [3.05, 3.63) is 71.3 Å². The van der Waals surface area contributed by atoms with Crippen LogP contribution in [-0.2, 0) is 9.53 Å². The molecule has 0 amide bonds. The molecule has 0 aliphatic rings. The highest BCUT2D eigenvalue weighted by atomic mass is 16.6. The Labute approximate surface area is 133 Å². The minimum Gasteiger partial charge on any atom is -0.460 e. The first-order valence-electron chi connectivity index (χ1n) is 7.68. The summed E-state index contributed by atoms with van der Waals surface area (Å²) >= 11 is 0. The zero-order valence-electron chi connectivity index (χ0n) is 13.8.